The third-order valence-corrected chi connectivity index (χ3v) is 3.36. The number of carbonyl (C=O) groups excluding carboxylic acids is 1. The molecule has 2 rings (SSSR count). The molecule has 1 heterocycles. The van der Waals surface area contributed by atoms with Gasteiger partial charge < -0.3 is 10.6 Å². The summed E-state index contributed by atoms with van der Waals surface area (Å²) in [6.07, 6.45) is 0. The summed E-state index contributed by atoms with van der Waals surface area (Å²) in [5.41, 5.74) is 0.818. The van der Waals surface area contributed by atoms with Crippen molar-refractivity contribution in [3.05, 3.63) is 45.5 Å². The number of nitrogens with one attached hydrogen (secondary N) is 2. The van der Waals surface area contributed by atoms with Gasteiger partial charge in [0.2, 0.25) is 0 Å². The second-order valence-electron chi connectivity index (χ2n) is 3.91. The Morgan fingerprint density at radius 3 is 2.75 bits per heavy atom. The Labute approximate surface area is 129 Å². The first-order chi connectivity index (χ1) is 9.60. The highest BCUT2D eigenvalue weighted by Crippen LogP contribution is 2.26. The lowest BCUT2D eigenvalue weighted by Crippen LogP contribution is -2.15. The Bertz CT molecular complexity index is 618. The van der Waals surface area contributed by atoms with Crippen LogP contribution in [0.15, 0.2) is 34.8 Å². The second kappa shape index (κ2) is 6.67. The maximum absolute atomic E-state index is 12.0. The minimum atomic E-state index is -0.344. The summed E-state index contributed by atoms with van der Waals surface area (Å²) in [6.45, 7) is 2.70. The monoisotopic (exact) mass is 354 g/mol. The molecule has 0 aliphatic carbocycles. The molecule has 0 radical (unpaired) electrons. The van der Waals surface area contributed by atoms with Crippen molar-refractivity contribution in [2.75, 3.05) is 17.2 Å². The number of carbonyl (C=O) groups is 1. The van der Waals surface area contributed by atoms with Gasteiger partial charge in [-0.05, 0) is 53.2 Å². The molecule has 0 saturated carbocycles. The predicted octanol–water partition coefficient (Wildman–Crippen LogP) is 3.58. The summed E-state index contributed by atoms with van der Waals surface area (Å²) in [7, 11) is 0. The van der Waals surface area contributed by atoms with Crippen LogP contribution in [0.4, 0.5) is 11.5 Å². The molecule has 0 unspecified atom stereocenters. The van der Waals surface area contributed by atoms with E-state index >= 15 is 0 Å². The lowest BCUT2D eigenvalue weighted by molar-refractivity contribution is 0.102. The largest absolute Gasteiger partial charge is 0.369 e. The average Bonchev–Trinajstić information content (AvgIpc) is 2.44. The topological polar surface area (TPSA) is 66.9 Å². The molecule has 2 N–H and O–H groups in total. The number of benzene rings is 1. The number of hydrogen-bond acceptors (Lipinski definition) is 4. The van der Waals surface area contributed by atoms with Crippen molar-refractivity contribution >= 4 is 44.9 Å². The summed E-state index contributed by atoms with van der Waals surface area (Å²) in [6, 6.07) is 8.46. The van der Waals surface area contributed by atoms with E-state index in [0.717, 1.165) is 11.0 Å². The van der Waals surface area contributed by atoms with Gasteiger partial charge in [0.05, 0.1) is 5.69 Å². The molecule has 104 valence electrons. The zero-order chi connectivity index (χ0) is 14.5. The first-order valence-electron chi connectivity index (χ1n) is 5.94. The zero-order valence-corrected chi connectivity index (χ0v) is 13.0. The van der Waals surface area contributed by atoms with Gasteiger partial charge in [-0.3, -0.25) is 4.79 Å². The van der Waals surface area contributed by atoms with E-state index in [2.05, 4.69) is 36.8 Å². The number of rotatable bonds is 4. The van der Waals surface area contributed by atoms with E-state index in [1.165, 1.54) is 0 Å². The SMILES string of the molecule is CCNc1ccc(C(=O)Nc2cc(Cl)ccc2Br)nn1. The average molecular weight is 356 g/mol. The molecule has 0 atom stereocenters. The van der Waals surface area contributed by atoms with Crippen LogP contribution >= 0.6 is 27.5 Å². The quantitative estimate of drug-likeness (QED) is 0.880. The van der Waals surface area contributed by atoms with Gasteiger partial charge in [0.1, 0.15) is 5.82 Å². The zero-order valence-electron chi connectivity index (χ0n) is 10.7. The lowest BCUT2D eigenvalue weighted by Gasteiger charge is -2.07. The minimum Gasteiger partial charge on any atom is -0.369 e. The van der Waals surface area contributed by atoms with Crippen molar-refractivity contribution in [1.82, 2.24) is 10.2 Å². The van der Waals surface area contributed by atoms with Gasteiger partial charge in [-0.2, -0.15) is 0 Å². The second-order valence-corrected chi connectivity index (χ2v) is 5.20. The third kappa shape index (κ3) is 3.68. The molecule has 0 aliphatic rings. The van der Waals surface area contributed by atoms with Crippen LogP contribution in [-0.2, 0) is 0 Å². The normalized spacial score (nSPS) is 10.2. The summed E-state index contributed by atoms with van der Waals surface area (Å²) in [5, 5.41) is 14.1. The maximum Gasteiger partial charge on any atom is 0.276 e. The number of hydrogen-bond donors (Lipinski definition) is 2. The van der Waals surface area contributed by atoms with E-state index in [9.17, 15) is 4.79 Å². The lowest BCUT2D eigenvalue weighted by atomic mass is 10.3. The fourth-order valence-electron chi connectivity index (χ4n) is 1.51. The summed E-state index contributed by atoms with van der Waals surface area (Å²) < 4.78 is 0.743. The molecule has 1 aromatic carbocycles. The van der Waals surface area contributed by atoms with Crippen LogP contribution in [0.2, 0.25) is 5.02 Å². The molecule has 5 nitrogen and oxygen atoms in total. The van der Waals surface area contributed by atoms with E-state index in [-0.39, 0.29) is 11.6 Å². The summed E-state index contributed by atoms with van der Waals surface area (Å²) in [4.78, 5) is 12.0. The molecule has 1 amide bonds. The Morgan fingerprint density at radius 2 is 2.10 bits per heavy atom. The fourth-order valence-corrected chi connectivity index (χ4v) is 2.03. The molecular weight excluding hydrogens is 344 g/mol. The van der Waals surface area contributed by atoms with Crippen LogP contribution in [0.25, 0.3) is 0 Å². The van der Waals surface area contributed by atoms with Gasteiger partial charge in [-0.1, -0.05) is 11.6 Å². The highest BCUT2D eigenvalue weighted by Gasteiger charge is 2.10. The summed E-state index contributed by atoms with van der Waals surface area (Å²) >= 11 is 9.24. The number of anilines is 2. The molecular formula is C13H12BrClN4O. The van der Waals surface area contributed by atoms with Crippen molar-refractivity contribution < 1.29 is 4.79 Å². The molecule has 0 aliphatic heterocycles. The molecule has 2 aromatic rings. The highest BCUT2D eigenvalue weighted by molar-refractivity contribution is 9.10. The molecule has 0 saturated heterocycles. The number of nitrogens with zero attached hydrogens (tertiary/aromatic N) is 2. The van der Waals surface area contributed by atoms with Gasteiger partial charge in [0.25, 0.3) is 5.91 Å². The molecule has 0 bridgehead atoms. The molecule has 0 spiro atoms. The van der Waals surface area contributed by atoms with Crippen molar-refractivity contribution in [2.45, 2.75) is 6.92 Å². The van der Waals surface area contributed by atoms with Gasteiger partial charge in [-0.15, -0.1) is 10.2 Å². The van der Waals surface area contributed by atoms with E-state index in [4.69, 9.17) is 11.6 Å². The van der Waals surface area contributed by atoms with E-state index < -0.39 is 0 Å². The molecule has 20 heavy (non-hydrogen) atoms. The standard InChI is InChI=1S/C13H12BrClN4O/c1-2-16-12-6-5-10(18-19-12)13(20)17-11-7-8(15)3-4-9(11)14/h3-7H,2H2,1H3,(H,16,19)(H,17,20). The van der Waals surface area contributed by atoms with E-state index in [0.29, 0.717) is 16.5 Å². The smallest absolute Gasteiger partial charge is 0.276 e. The summed E-state index contributed by atoms with van der Waals surface area (Å²) in [5.74, 6) is 0.288. The van der Waals surface area contributed by atoms with Crippen LogP contribution in [-0.4, -0.2) is 22.6 Å². The fraction of sp³-hybridized carbons (Fsp3) is 0.154. The Kier molecular flexibility index (Phi) is 4.92. The van der Waals surface area contributed by atoms with Gasteiger partial charge >= 0.3 is 0 Å². The van der Waals surface area contributed by atoms with Crippen LogP contribution in [0.3, 0.4) is 0 Å². The number of amides is 1. The number of aromatic nitrogens is 2. The van der Waals surface area contributed by atoms with Crippen LogP contribution in [0, 0.1) is 0 Å². The molecule has 7 heteroatoms. The highest BCUT2D eigenvalue weighted by atomic mass is 79.9. The van der Waals surface area contributed by atoms with Crippen LogP contribution in [0.5, 0.6) is 0 Å². The van der Waals surface area contributed by atoms with Crippen LogP contribution in [0.1, 0.15) is 17.4 Å². The van der Waals surface area contributed by atoms with Crippen LogP contribution < -0.4 is 10.6 Å². The Balaban J connectivity index is 2.13. The third-order valence-electron chi connectivity index (χ3n) is 2.43. The predicted molar refractivity (Wildman–Crippen MR) is 83.3 cm³/mol. The van der Waals surface area contributed by atoms with Gasteiger partial charge in [0, 0.05) is 16.0 Å². The minimum absolute atomic E-state index is 0.235. The van der Waals surface area contributed by atoms with Crippen molar-refractivity contribution in [1.29, 1.82) is 0 Å². The van der Waals surface area contributed by atoms with E-state index in [1.807, 2.05) is 6.92 Å². The van der Waals surface area contributed by atoms with Crippen molar-refractivity contribution in [3.8, 4) is 0 Å². The van der Waals surface area contributed by atoms with Gasteiger partial charge in [0.15, 0.2) is 5.69 Å². The molecule has 1 aromatic heterocycles. The number of halogens is 2. The first kappa shape index (κ1) is 14.7. The first-order valence-corrected chi connectivity index (χ1v) is 7.11. The van der Waals surface area contributed by atoms with Crippen molar-refractivity contribution in [2.24, 2.45) is 0 Å². The van der Waals surface area contributed by atoms with Crippen molar-refractivity contribution in [3.63, 3.8) is 0 Å². The maximum atomic E-state index is 12.0. The Hall–Kier alpha value is -1.66. The molecule has 0 fully saturated rings. The van der Waals surface area contributed by atoms with E-state index in [1.54, 1.807) is 30.3 Å². The Morgan fingerprint density at radius 1 is 1.30 bits per heavy atom. The van der Waals surface area contributed by atoms with Gasteiger partial charge in [-0.25, -0.2) is 0 Å².